The Morgan fingerprint density at radius 1 is 0.259 bits per heavy atom. The molecule has 0 atom stereocenters. The Bertz CT molecular complexity index is 3210. The lowest BCUT2D eigenvalue weighted by atomic mass is 9.92. The standard InChI is InChI=1S/C52H34N2/c1-2-18-40(19-3-1)53-49-25-10-8-23-44(49)46-33-37(28-30-51(46)53)36-16-12-17-38(32-36)41-20-6-7-21-42(41)39-29-31-52-47(34-39)45-24-9-11-26-50(45)54(52)48-27-13-15-35-14-4-5-22-43(35)48/h1-34H. The van der Waals surface area contributed by atoms with Crippen molar-refractivity contribution in [3.8, 4) is 44.8 Å². The second-order valence-corrected chi connectivity index (χ2v) is 14.1. The molecule has 0 amide bonds. The molecule has 0 aliphatic rings. The SMILES string of the molecule is c1ccc(-n2c3ccccc3c3cc(-c4cccc(-c5ccccc5-c5ccc6c(c5)c5ccccc5n6-c5cccc6ccccc56)c4)ccc32)cc1. The lowest BCUT2D eigenvalue weighted by Gasteiger charge is -2.13. The summed E-state index contributed by atoms with van der Waals surface area (Å²) in [6, 6.07) is 75.2. The Labute approximate surface area is 313 Å². The van der Waals surface area contributed by atoms with Crippen molar-refractivity contribution in [2.75, 3.05) is 0 Å². The molecule has 11 rings (SSSR count). The average Bonchev–Trinajstić information content (AvgIpc) is 3.76. The van der Waals surface area contributed by atoms with Gasteiger partial charge in [0.15, 0.2) is 0 Å². The van der Waals surface area contributed by atoms with Gasteiger partial charge < -0.3 is 9.13 Å². The third-order valence-corrected chi connectivity index (χ3v) is 11.1. The van der Waals surface area contributed by atoms with Crippen LogP contribution in [0.15, 0.2) is 206 Å². The summed E-state index contributed by atoms with van der Waals surface area (Å²) in [6.45, 7) is 0. The first-order valence-corrected chi connectivity index (χ1v) is 18.6. The quantitative estimate of drug-likeness (QED) is 0.171. The number of hydrogen-bond acceptors (Lipinski definition) is 0. The molecule has 0 saturated heterocycles. The fourth-order valence-electron chi connectivity index (χ4n) is 8.66. The first-order valence-electron chi connectivity index (χ1n) is 18.6. The highest BCUT2D eigenvalue weighted by molar-refractivity contribution is 6.13. The van der Waals surface area contributed by atoms with Crippen molar-refractivity contribution >= 4 is 54.4 Å². The van der Waals surface area contributed by atoms with Gasteiger partial charge in [-0.3, -0.25) is 0 Å². The molecule has 0 aliphatic heterocycles. The van der Waals surface area contributed by atoms with Gasteiger partial charge in [-0.2, -0.15) is 0 Å². The second-order valence-electron chi connectivity index (χ2n) is 14.1. The van der Waals surface area contributed by atoms with E-state index in [0.29, 0.717) is 0 Å². The molecule has 0 unspecified atom stereocenters. The molecule has 0 saturated carbocycles. The lowest BCUT2D eigenvalue weighted by molar-refractivity contribution is 1.18. The zero-order chi connectivity index (χ0) is 35.6. The molecule has 0 bridgehead atoms. The van der Waals surface area contributed by atoms with E-state index in [1.165, 1.54) is 99.1 Å². The average molecular weight is 687 g/mol. The molecule has 2 heterocycles. The largest absolute Gasteiger partial charge is 0.309 e. The van der Waals surface area contributed by atoms with Crippen LogP contribution in [0.1, 0.15) is 0 Å². The zero-order valence-corrected chi connectivity index (χ0v) is 29.5. The molecule has 0 aliphatic carbocycles. The summed E-state index contributed by atoms with van der Waals surface area (Å²) in [7, 11) is 0. The minimum absolute atomic E-state index is 1.17. The Balaban J connectivity index is 1.04. The molecule has 0 fully saturated rings. The van der Waals surface area contributed by atoms with Crippen LogP contribution >= 0.6 is 0 Å². The van der Waals surface area contributed by atoms with E-state index in [1.54, 1.807) is 0 Å². The predicted molar refractivity (Wildman–Crippen MR) is 229 cm³/mol. The summed E-state index contributed by atoms with van der Waals surface area (Å²) in [4.78, 5) is 0. The topological polar surface area (TPSA) is 9.86 Å². The number of rotatable bonds is 5. The molecule has 2 nitrogen and oxygen atoms in total. The van der Waals surface area contributed by atoms with Crippen molar-refractivity contribution < 1.29 is 0 Å². The molecule has 54 heavy (non-hydrogen) atoms. The van der Waals surface area contributed by atoms with E-state index >= 15 is 0 Å². The van der Waals surface area contributed by atoms with Crippen molar-refractivity contribution in [1.29, 1.82) is 0 Å². The Hall–Kier alpha value is -7.16. The molecule has 252 valence electrons. The summed E-state index contributed by atoms with van der Waals surface area (Å²) in [6.07, 6.45) is 0. The molecule has 0 radical (unpaired) electrons. The Morgan fingerprint density at radius 2 is 0.741 bits per heavy atom. The molecule has 0 spiro atoms. The van der Waals surface area contributed by atoms with Gasteiger partial charge in [0.1, 0.15) is 0 Å². The van der Waals surface area contributed by atoms with Crippen molar-refractivity contribution in [1.82, 2.24) is 9.13 Å². The number of nitrogens with zero attached hydrogens (tertiary/aromatic N) is 2. The Kier molecular flexibility index (Phi) is 6.90. The molecular formula is C52H34N2. The van der Waals surface area contributed by atoms with E-state index < -0.39 is 0 Å². The summed E-state index contributed by atoms with van der Waals surface area (Å²) in [5, 5.41) is 7.52. The third-order valence-electron chi connectivity index (χ3n) is 11.1. The lowest BCUT2D eigenvalue weighted by Crippen LogP contribution is -1.95. The first kappa shape index (κ1) is 30.5. The highest BCUT2D eigenvalue weighted by Gasteiger charge is 2.17. The summed E-state index contributed by atoms with van der Waals surface area (Å²) in [5.41, 5.74) is 14.5. The number of para-hydroxylation sites is 3. The maximum atomic E-state index is 2.43. The van der Waals surface area contributed by atoms with E-state index in [2.05, 4.69) is 215 Å². The van der Waals surface area contributed by atoms with Crippen LogP contribution in [0.25, 0.3) is 99.1 Å². The van der Waals surface area contributed by atoms with Gasteiger partial charge in [-0.15, -0.1) is 0 Å². The molecule has 2 heteroatoms. The van der Waals surface area contributed by atoms with E-state index in [4.69, 9.17) is 0 Å². The summed E-state index contributed by atoms with van der Waals surface area (Å²) in [5.74, 6) is 0. The van der Waals surface area contributed by atoms with Gasteiger partial charge in [-0.05, 0) is 99.4 Å². The van der Waals surface area contributed by atoms with E-state index in [9.17, 15) is 0 Å². The van der Waals surface area contributed by atoms with Crippen molar-refractivity contribution in [3.63, 3.8) is 0 Å². The second kappa shape index (κ2) is 12.2. The van der Waals surface area contributed by atoms with Gasteiger partial charge in [-0.1, -0.05) is 146 Å². The van der Waals surface area contributed by atoms with Crippen LogP contribution in [0.3, 0.4) is 0 Å². The van der Waals surface area contributed by atoms with Crippen LogP contribution < -0.4 is 0 Å². The van der Waals surface area contributed by atoms with Crippen LogP contribution in [-0.4, -0.2) is 9.13 Å². The minimum Gasteiger partial charge on any atom is -0.309 e. The van der Waals surface area contributed by atoms with Gasteiger partial charge in [-0.25, -0.2) is 0 Å². The predicted octanol–water partition coefficient (Wildman–Crippen LogP) is 14.0. The van der Waals surface area contributed by atoms with Gasteiger partial charge in [0.2, 0.25) is 0 Å². The van der Waals surface area contributed by atoms with Crippen molar-refractivity contribution in [3.05, 3.63) is 206 Å². The summed E-state index contributed by atoms with van der Waals surface area (Å²) < 4.78 is 4.80. The summed E-state index contributed by atoms with van der Waals surface area (Å²) >= 11 is 0. The highest BCUT2D eigenvalue weighted by atomic mass is 15.0. The Morgan fingerprint density at radius 3 is 1.50 bits per heavy atom. The van der Waals surface area contributed by atoms with Crippen molar-refractivity contribution in [2.45, 2.75) is 0 Å². The van der Waals surface area contributed by atoms with E-state index in [-0.39, 0.29) is 0 Å². The number of fused-ring (bicyclic) bond motifs is 7. The van der Waals surface area contributed by atoms with E-state index in [0.717, 1.165) is 0 Å². The monoisotopic (exact) mass is 686 g/mol. The molecule has 11 aromatic rings. The zero-order valence-electron chi connectivity index (χ0n) is 29.5. The maximum absolute atomic E-state index is 2.43. The minimum atomic E-state index is 1.17. The number of aromatic nitrogens is 2. The van der Waals surface area contributed by atoms with Gasteiger partial charge in [0.05, 0.1) is 27.8 Å². The van der Waals surface area contributed by atoms with Gasteiger partial charge in [0.25, 0.3) is 0 Å². The first-order chi connectivity index (χ1) is 26.8. The highest BCUT2D eigenvalue weighted by Crippen LogP contribution is 2.40. The van der Waals surface area contributed by atoms with E-state index in [1.807, 2.05) is 0 Å². The maximum Gasteiger partial charge on any atom is 0.0541 e. The normalized spacial score (nSPS) is 11.7. The molecular weight excluding hydrogens is 653 g/mol. The van der Waals surface area contributed by atoms with Crippen LogP contribution in [0.4, 0.5) is 0 Å². The van der Waals surface area contributed by atoms with Gasteiger partial charge >= 0.3 is 0 Å². The van der Waals surface area contributed by atoms with Crippen LogP contribution in [0, 0.1) is 0 Å². The molecule has 0 N–H and O–H groups in total. The number of hydrogen-bond donors (Lipinski definition) is 0. The fraction of sp³-hybridized carbons (Fsp3) is 0. The van der Waals surface area contributed by atoms with Gasteiger partial charge in [0, 0.05) is 32.6 Å². The third kappa shape index (κ3) is 4.74. The van der Waals surface area contributed by atoms with Crippen LogP contribution in [-0.2, 0) is 0 Å². The molecule has 2 aromatic heterocycles. The molecule has 9 aromatic carbocycles. The smallest absolute Gasteiger partial charge is 0.0541 e. The van der Waals surface area contributed by atoms with Crippen molar-refractivity contribution in [2.24, 2.45) is 0 Å². The van der Waals surface area contributed by atoms with Crippen LogP contribution in [0.2, 0.25) is 0 Å². The van der Waals surface area contributed by atoms with Crippen LogP contribution in [0.5, 0.6) is 0 Å². The fourth-order valence-corrected chi connectivity index (χ4v) is 8.66. The number of benzene rings is 9.